The standard InChI is InChI=1S/C27H35N5/c1-7-13-31(14-8-2)26-24-22-11-9-10-12-23(22)32(27(24)30-20(5)29-26)25-18(3)15-21(17-28-6)16-19(25)4/h9-12,15-16,28H,7-8,13-14,17H2,1-6H3. The topological polar surface area (TPSA) is 46.0 Å². The van der Waals surface area contributed by atoms with Crippen molar-refractivity contribution >= 4 is 27.8 Å². The molecule has 4 aromatic rings. The number of aryl methyl sites for hydroxylation is 3. The van der Waals surface area contributed by atoms with Crippen molar-refractivity contribution in [3.05, 3.63) is 58.9 Å². The number of benzene rings is 2. The van der Waals surface area contributed by atoms with Crippen molar-refractivity contribution in [1.29, 1.82) is 0 Å². The first kappa shape index (κ1) is 22.3. The second-order valence-corrected chi connectivity index (χ2v) is 8.74. The van der Waals surface area contributed by atoms with Gasteiger partial charge in [0.1, 0.15) is 11.6 Å². The molecule has 1 N–H and O–H groups in total. The Morgan fingerprint density at radius 1 is 0.938 bits per heavy atom. The number of hydrogen-bond donors (Lipinski definition) is 1. The first-order chi connectivity index (χ1) is 15.5. The largest absolute Gasteiger partial charge is 0.356 e. The van der Waals surface area contributed by atoms with Crippen LogP contribution in [0.2, 0.25) is 0 Å². The molecule has 5 heteroatoms. The van der Waals surface area contributed by atoms with E-state index in [-0.39, 0.29) is 0 Å². The quantitative estimate of drug-likeness (QED) is 0.382. The lowest BCUT2D eigenvalue weighted by molar-refractivity contribution is 0.734. The van der Waals surface area contributed by atoms with E-state index in [0.717, 1.165) is 55.2 Å². The molecule has 0 spiro atoms. The van der Waals surface area contributed by atoms with Crippen molar-refractivity contribution < 1.29 is 0 Å². The van der Waals surface area contributed by atoms with E-state index in [1.807, 2.05) is 14.0 Å². The van der Waals surface area contributed by atoms with Crippen molar-refractivity contribution in [2.75, 3.05) is 25.0 Å². The number of hydrogen-bond acceptors (Lipinski definition) is 4. The Hall–Kier alpha value is -2.92. The predicted molar refractivity (Wildman–Crippen MR) is 136 cm³/mol. The molecule has 0 amide bonds. The van der Waals surface area contributed by atoms with E-state index in [0.29, 0.717) is 0 Å². The number of aromatic nitrogens is 3. The van der Waals surface area contributed by atoms with E-state index >= 15 is 0 Å². The van der Waals surface area contributed by atoms with Crippen molar-refractivity contribution in [2.45, 2.75) is 54.0 Å². The Morgan fingerprint density at radius 3 is 2.22 bits per heavy atom. The molecule has 0 aliphatic heterocycles. The molecule has 0 radical (unpaired) electrons. The average Bonchev–Trinajstić information content (AvgIpc) is 3.07. The van der Waals surface area contributed by atoms with E-state index in [1.54, 1.807) is 0 Å². The Kier molecular flexibility index (Phi) is 6.47. The SMILES string of the molecule is CCCN(CCC)c1nc(C)nc2c1c1ccccc1n2-c1c(C)cc(CNC)cc1C. The fourth-order valence-corrected chi connectivity index (χ4v) is 4.96. The summed E-state index contributed by atoms with van der Waals surface area (Å²) in [7, 11) is 1.99. The highest BCUT2D eigenvalue weighted by Crippen LogP contribution is 2.38. The third-order valence-electron chi connectivity index (χ3n) is 6.05. The highest BCUT2D eigenvalue weighted by molar-refractivity contribution is 6.13. The molecule has 168 valence electrons. The van der Waals surface area contributed by atoms with Gasteiger partial charge < -0.3 is 10.2 Å². The Balaban J connectivity index is 2.09. The summed E-state index contributed by atoms with van der Waals surface area (Å²) in [5.41, 5.74) is 7.22. The summed E-state index contributed by atoms with van der Waals surface area (Å²) < 4.78 is 2.35. The number of nitrogens with zero attached hydrogens (tertiary/aromatic N) is 4. The molecule has 2 heterocycles. The third-order valence-corrected chi connectivity index (χ3v) is 6.05. The molecular formula is C27H35N5. The minimum Gasteiger partial charge on any atom is -0.356 e. The Labute approximate surface area is 191 Å². The van der Waals surface area contributed by atoms with Crippen LogP contribution in [0.25, 0.3) is 27.6 Å². The molecule has 0 aliphatic rings. The van der Waals surface area contributed by atoms with Crippen molar-refractivity contribution in [2.24, 2.45) is 0 Å². The molecule has 0 saturated heterocycles. The number of fused-ring (bicyclic) bond motifs is 3. The minimum atomic E-state index is 0.816. The van der Waals surface area contributed by atoms with E-state index in [1.165, 1.54) is 33.3 Å². The van der Waals surface area contributed by atoms with Gasteiger partial charge in [0.05, 0.1) is 16.6 Å². The number of nitrogens with one attached hydrogen (secondary N) is 1. The van der Waals surface area contributed by atoms with Crippen molar-refractivity contribution in [3.63, 3.8) is 0 Å². The summed E-state index contributed by atoms with van der Waals surface area (Å²) >= 11 is 0. The maximum absolute atomic E-state index is 5.01. The average molecular weight is 430 g/mol. The van der Waals surface area contributed by atoms with Gasteiger partial charge in [-0.25, -0.2) is 9.97 Å². The summed E-state index contributed by atoms with van der Waals surface area (Å²) in [5.74, 6) is 1.88. The maximum atomic E-state index is 5.01. The van der Waals surface area contributed by atoms with E-state index in [9.17, 15) is 0 Å². The van der Waals surface area contributed by atoms with Crippen molar-refractivity contribution in [1.82, 2.24) is 19.9 Å². The summed E-state index contributed by atoms with van der Waals surface area (Å²) in [6.45, 7) is 13.7. The molecule has 4 rings (SSSR count). The predicted octanol–water partition coefficient (Wildman–Crippen LogP) is 5.84. The van der Waals surface area contributed by atoms with Crippen LogP contribution in [0.5, 0.6) is 0 Å². The molecule has 0 aliphatic carbocycles. The van der Waals surface area contributed by atoms with Gasteiger partial charge in [-0.05, 0) is 63.4 Å². The zero-order valence-corrected chi connectivity index (χ0v) is 20.3. The Bertz CT molecular complexity index is 1230. The molecule has 0 saturated carbocycles. The fraction of sp³-hybridized carbons (Fsp3) is 0.407. The van der Waals surface area contributed by atoms with Gasteiger partial charge >= 0.3 is 0 Å². The molecule has 0 bridgehead atoms. The van der Waals surface area contributed by atoms with Gasteiger partial charge in [-0.1, -0.05) is 44.2 Å². The monoisotopic (exact) mass is 429 g/mol. The number of para-hydroxylation sites is 1. The zero-order chi connectivity index (χ0) is 22.8. The van der Waals surface area contributed by atoms with Gasteiger partial charge in [0.15, 0.2) is 5.65 Å². The lowest BCUT2D eigenvalue weighted by atomic mass is 10.0. The zero-order valence-electron chi connectivity index (χ0n) is 20.3. The normalized spacial score (nSPS) is 11.6. The molecule has 32 heavy (non-hydrogen) atoms. The minimum absolute atomic E-state index is 0.816. The number of anilines is 1. The van der Waals surface area contributed by atoms with Gasteiger partial charge in [0.25, 0.3) is 0 Å². The second-order valence-electron chi connectivity index (χ2n) is 8.74. The summed E-state index contributed by atoms with van der Waals surface area (Å²) in [6.07, 6.45) is 2.18. The van der Waals surface area contributed by atoms with Crippen LogP contribution < -0.4 is 10.2 Å². The first-order valence-electron chi connectivity index (χ1n) is 11.8. The summed E-state index contributed by atoms with van der Waals surface area (Å²) in [5, 5.41) is 5.64. The lowest BCUT2D eigenvalue weighted by Crippen LogP contribution is -2.26. The molecule has 2 aromatic heterocycles. The van der Waals surface area contributed by atoms with E-state index in [4.69, 9.17) is 9.97 Å². The van der Waals surface area contributed by atoms with Gasteiger partial charge in [-0.2, -0.15) is 0 Å². The molecule has 2 aromatic carbocycles. The van der Waals surface area contributed by atoms with Gasteiger partial charge in [0.2, 0.25) is 0 Å². The van der Waals surface area contributed by atoms with Gasteiger partial charge in [0, 0.05) is 25.0 Å². The highest BCUT2D eigenvalue weighted by atomic mass is 15.2. The van der Waals surface area contributed by atoms with Crippen LogP contribution in [-0.4, -0.2) is 34.7 Å². The smallest absolute Gasteiger partial charge is 0.151 e. The fourth-order valence-electron chi connectivity index (χ4n) is 4.96. The van der Waals surface area contributed by atoms with Crippen LogP contribution in [0.4, 0.5) is 5.82 Å². The highest BCUT2D eigenvalue weighted by Gasteiger charge is 2.22. The molecule has 0 fully saturated rings. The molecular weight excluding hydrogens is 394 g/mol. The molecule has 0 unspecified atom stereocenters. The lowest BCUT2D eigenvalue weighted by Gasteiger charge is -2.24. The van der Waals surface area contributed by atoms with Gasteiger partial charge in [-0.15, -0.1) is 0 Å². The van der Waals surface area contributed by atoms with Gasteiger partial charge in [-0.3, -0.25) is 4.57 Å². The van der Waals surface area contributed by atoms with Crippen LogP contribution in [0.3, 0.4) is 0 Å². The van der Waals surface area contributed by atoms with Crippen LogP contribution in [0.15, 0.2) is 36.4 Å². The van der Waals surface area contributed by atoms with Crippen LogP contribution in [0.1, 0.15) is 49.2 Å². The molecule has 0 atom stereocenters. The third kappa shape index (κ3) is 3.86. The first-order valence-corrected chi connectivity index (χ1v) is 11.8. The van der Waals surface area contributed by atoms with Crippen LogP contribution in [-0.2, 0) is 6.54 Å². The maximum Gasteiger partial charge on any atom is 0.151 e. The number of rotatable bonds is 8. The second kappa shape index (κ2) is 9.29. The summed E-state index contributed by atoms with van der Waals surface area (Å²) in [4.78, 5) is 12.4. The van der Waals surface area contributed by atoms with Crippen molar-refractivity contribution in [3.8, 4) is 5.69 Å². The van der Waals surface area contributed by atoms with E-state index < -0.39 is 0 Å². The molecule has 5 nitrogen and oxygen atoms in total. The summed E-state index contributed by atoms with van der Waals surface area (Å²) in [6, 6.07) is 13.2. The van der Waals surface area contributed by atoms with Crippen LogP contribution in [0, 0.1) is 20.8 Å². The van der Waals surface area contributed by atoms with Crippen LogP contribution >= 0.6 is 0 Å². The Morgan fingerprint density at radius 2 is 1.59 bits per heavy atom. The van der Waals surface area contributed by atoms with E-state index in [2.05, 4.69) is 78.9 Å².